The van der Waals surface area contributed by atoms with Gasteiger partial charge >= 0.3 is 0 Å². The van der Waals surface area contributed by atoms with Crippen LogP contribution in [-0.2, 0) is 9.53 Å². The van der Waals surface area contributed by atoms with Crippen molar-refractivity contribution in [2.75, 3.05) is 56.2 Å². The zero-order valence-electron chi connectivity index (χ0n) is 20.7. The van der Waals surface area contributed by atoms with Gasteiger partial charge < -0.3 is 25.0 Å². The highest BCUT2D eigenvalue weighted by Gasteiger charge is 2.28. The number of morpholine rings is 1. The number of fused-ring (bicyclic) bond motifs is 1. The van der Waals surface area contributed by atoms with Gasteiger partial charge in [-0.15, -0.1) is 0 Å². The fraction of sp³-hybridized carbons (Fsp3) is 0.520. The molecule has 10 nitrogen and oxygen atoms in total. The summed E-state index contributed by atoms with van der Waals surface area (Å²) >= 11 is 0. The molecule has 0 spiro atoms. The number of likely N-dealkylation sites (tertiary alicyclic amines) is 1. The second kappa shape index (κ2) is 10.9. The molecule has 1 unspecified atom stereocenters. The first-order valence-corrected chi connectivity index (χ1v) is 12.6. The van der Waals surface area contributed by atoms with E-state index in [-0.39, 0.29) is 30.2 Å². The van der Waals surface area contributed by atoms with Gasteiger partial charge in [0, 0.05) is 38.9 Å². The van der Waals surface area contributed by atoms with Crippen molar-refractivity contribution in [1.29, 1.82) is 0 Å². The Morgan fingerprint density at radius 3 is 2.68 bits per heavy atom. The summed E-state index contributed by atoms with van der Waals surface area (Å²) in [5, 5.41) is 12.6. The molecule has 1 amide bonds. The van der Waals surface area contributed by atoms with Gasteiger partial charge in [0.15, 0.2) is 5.82 Å². The molecule has 12 heteroatoms. The van der Waals surface area contributed by atoms with Crippen molar-refractivity contribution >= 4 is 28.7 Å². The SMILES string of the molecule is C[C@H](Nc1nc(N2CCOCC2)cc(-n2c(C(F)F)nc3ccccc32)n1)C(=O)N1CCCC(CO)C1. The summed E-state index contributed by atoms with van der Waals surface area (Å²) in [5.41, 5.74) is 0.939. The van der Waals surface area contributed by atoms with Crippen molar-refractivity contribution in [1.82, 2.24) is 24.4 Å². The van der Waals surface area contributed by atoms with Crippen LogP contribution in [0.5, 0.6) is 0 Å². The molecule has 0 aliphatic carbocycles. The van der Waals surface area contributed by atoms with Gasteiger partial charge in [0.05, 0.1) is 24.2 Å². The molecule has 3 aromatic rings. The second-order valence-electron chi connectivity index (χ2n) is 9.44. The zero-order chi connectivity index (χ0) is 25.9. The van der Waals surface area contributed by atoms with Crippen LogP contribution in [0.3, 0.4) is 0 Å². The van der Waals surface area contributed by atoms with Gasteiger partial charge in [-0.2, -0.15) is 9.97 Å². The van der Waals surface area contributed by atoms with Crippen LogP contribution in [0, 0.1) is 5.92 Å². The molecule has 2 fully saturated rings. The summed E-state index contributed by atoms with van der Waals surface area (Å²) in [6.45, 7) is 5.13. The van der Waals surface area contributed by atoms with Crippen molar-refractivity contribution in [2.45, 2.75) is 32.2 Å². The summed E-state index contributed by atoms with van der Waals surface area (Å²) in [5.74, 6) is 0.480. The van der Waals surface area contributed by atoms with Crippen LogP contribution < -0.4 is 10.2 Å². The van der Waals surface area contributed by atoms with Gasteiger partial charge in [0.1, 0.15) is 17.7 Å². The molecule has 2 aromatic heterocycles. The van der Waals surface area contributed by atoms with E-state index in [0.29, 0.717) is 56.2 Å². The van der Waals surface area contributed by atoms with Crippen molar-refractivity contribution < 1.29 is 23.4 Å². The lowest BCUT2D eigenvalue weighted by Gasteiger charge is -2.33. The molecule has 0 radical (unpaired) electrons. The van der Waals surface area contributed by atoms with Crippen LogP contribution in [0.2, 0.25) is 0 Å². The predicted molar refractivity (Wildman–Crippen MR) is 134 cm³/mol. The molecule has 2 aliphatic heterocycles. The molecule has 2 aliphatic rings. The first-order chi connectivity index (χ1) is 17.9. The number of benzene rings is 1. The largest absolute Gasteiger partial charge is 0.396 e. The number of hydrogen-bond donors (Lipinski definition) is 2. The molecule has 2 atom stereocenters. The third-order valence-corrected chi connectivity index (χ3v) is 6.85. The smallest absolute Gasteiger partial charge is 0.296 e. The lowest BCUT2D eigenvalue weighted by molar-refractivity contribution is -0.133. The van der Waals surface area contributed by atoms with E-state index in [2.05, 4.69) is 20.3 Å². The van der Waals surface area contributed by atoms with Gasteiger partial charge in [-0.05, 0) is 37.8 Å². The van der Waals surface area contributed by atoms with Crippen LogP contribution in [0.4, 0.5) is 20.5 Å². The van der Waals surface area contributed by atoms with Crippen LogP contribution in [0.15, 0.2) is 30.3 Å². The molecular weight excluding hydrogens is 484 g/mol. The van der Waals surface area contributed by atoms with Gasteiger partial charge in [0.25, 0.3) is 6.43 Å². The van der Waals surface area contributed by atoms with Crippen molar-refractivity contribution in [3.63, 3.8) is 0 Å². The molecular formula is C25H31F2N7O3. The minimum Gasteiger partial charge on any atom is -0.396 e. The number of anilines is 2. The third-order valence-electron chi connectivity index (χ3n) is 6.85. The van der Waals surface area contributed by atoms with Crippen LogP contribution >= 0.6 is 0 Å². The minimum atomic E-state index is -2.82. The Kier molecular flexibility index (Phi) is 7.47. The Labute approximate surface area is 213 Å². The van der Waals surface area contributed by atoms with Crippen molar-refractivity contribution in [3.05, 3.63) is 36.2 Å². The average molecular weight is 516 g/mol. The first kappa shape index (κ1) is 25.3. The number of carbonyl (C=O) groups is 1. The Morgan fingerprint density at radius 1 is 1.16 bits per heavy atom. The number of halogens is 2. The van der Waals surface area contributed by atoms with Gasteiger partial charge in [-0.25, -0.2) is 13.8 Å². The molecule has 5 rings (SSSR count). The van der Waals surface area contributed by atoms with E-state index in [0.717, 1.165) is 12.8 Å². The fourth-order valence-corrected chi connectivity index (χ4v) is 4.93. The standard InChI is InChI=1S/C25H31F2N7O3/c1-16(24(36)33-8-4-5-17(14-33)15-35)28-25-30-20(32-9-11-37-12-10-32)13-21(31-25)34-19-7-3-2-6-18(19)29-23(34)22(26)27/h2-3,6-7,13,16-17,22,35H,4-5,8-12,14-15H2,1H3,(H,28,30,31)/t16-,17?/m0/s1. The highest BCUT2D eigenvalue weighted by molar-refractivity contribution is 5.84. The number of para-hydroxylation sites is 2. The number of aliphatic hydroxyl groups is 1. The first-order valence-electron chi connectivity index (χ1n) is 12.6. The highest BCUT2D eigenvalue weighted by atomic mass is 19.3. The Hall–Kier alpha value is -3.38. The quantitative estimate of drug-likeness (QED) is 0.495. The summed E-state index contributed by atoms with van der Waals surface area (Å²) < 4.78 is 34.9. The molecule has 198 valence electrons. The van der Waals surface area contributed by atoms with E-state index in [1.54, 1.807) is 42.2 Å². The number of piperidine rings is 1. The predicted octanol–water partition coefficient (Wildman–Crippen LogP) is 2.62. The van der Waals surface area contributed by atoms with E-state index in [4.69, 9.17) is 4.74 Å². The molecule has 2 N–H and O–H groups in total. The highest BCUT2D eigenvalue weighted by Crippen LogP contribution is 2.29. The normalized spacial score (nSPS) is 19.4. The molecule has 0 saturated carbocycles. The molecule has 4 heterocycles. The van der Waals surface area contributed by atoms with Crippen molar-refractivity contribution in [3.8, 4) is 5.82 Å². The fourth-order valence-electron chi connectivity index (χ4n) is 4.93. The average Bonchev–Trinajstić information content (AvgIpc) is 3.33. The van der Waals surface area contributed by atoms with E-state index in [1.165, 1.54) is 4.57 Å². The maximum Gasteiger partial charge on any atom is 0.296 e. The summed E-state index contributed by atoms with van der Waals surface area (Å²) in [6.07, 6.45) is -1.09. The lowest BCUT2D eigenvalue weighted by Crippen LogP contribution is -2.47. The molecule has 37 heavy (non-hydrogen) atoms. The number of aromatic nitrogens is 4. The number of alkyl halides is 2. The van der Waals surface area contributed by atoms with E-state index >= 15 is 0 Å². The summed E-state index contributed by atoms with van der Waals surface area (Å²) in [6, 6.07) is 7.92. The van der Waals surface area contributed by atoms with Crippen LogP contribution in [0.25, 0.3) is 16.9 Å². The van der Waals surface area contributed by atoms with Gasteiger partial charge in [-0.1, -0.05) is 12.1 Å². The summed E-state index contributed by atoms with van der Waals surface area (Å²) in [7, 11) is 0. The van der Waals surface area contributed by atoms with Crippen LogP contribution in [-0.4, -0.2) is 87.5 Å². The number of nitrogens with zero attached hydrogens (tertiary/aromatic N) is 6. The van der Waals surface area contributed by atoms with E-state index in [9.17, 15) is 18.7 Å². The summed E-state index contributed by atoms with van der Waals surface area (Å²) in [4.78, 5) is 30.3. The maximum absolute atomic E-state index is 14.1. The number of imidazole rings is 1. The lowest BCUT2D eigenvalue weighted by atomic mass is 9.98. The Balaban J connectivity index is 1.51. The monoisotopic (exact) mass is 515 g/mol. The second-order valence-corrected chi connectivity index (χ2v) is 9.44. The third kappa shape index (κ3) is 5.35. The maximum atomic E-state index is 14.1. The van der Waals surface area contributed by atoms with E-state index < -0.39 is 18.3 Å². The molecule has 2 saturated heterocycles. The number of ether oxygens (including phenoxy) is 1. The number of aliphatic hydroxyl groups excluding tert-OH is 1. The number of nitrogens with one attached hydrogen (secondary N) is 1. The number of rotatable bonds is 7. The zero-order valence-corrected chi connectivity index (χ0v) is 20.7. The van der Waals surface area contributed by atoms with Crippen molar-refractivity contribution in [2.24, 2.45) is 5.92 Å². The molecule has 0 bridgehead atoms. The van der Waals surface area contributed by atoms with Gasteiger partial charge in [0.2, 0.25) is 11.9 Å². The minimum absolute atomic E-state index is 0.0466. The van der Waals surface area contributed by atoms with Gasteiger partial charge in [-0.3, -0.25) is 9.36 Å². The number of amides is 1. The van der Waals surface area contributed by atoms with Crippen LogP contribution in [0.1, 0.15) is 32.0 Å². The van der Waals surface area contributed by atoms with E-state index in [1.807, 2.05) is 4.90 Å². The number of hydrogen-bond acceptors (Lipinski definition) is 8. The Morgan fingerprint density at radius 2 is 1.92 bits per heavy atom. The molecule has 1 aromatic carbocycles. The Bertz CT molecular complexity index is 1250. The number of carbonyl (C=O) groups excluding carboxylic acids is 1. The topological polar surface area (TPSA) is 109 Å².